The summed E-state index contributed by atoms with van der Waals surface area (Å²) in [5.74, 6) is 1.06. The van der Waals surface area contributed by atoms with E-state index in [1.165, 1.54) is 6.42 Å². The van der Waals surface area contributed by atoms with Gasteiger partial charge in [0, 0.05) is 12.1 Å². The van der Waals surface area contributed by atoms with E-state index < -0.39 is 5.60 Å². The zero-order valence-corrected chi connectivity index (χ0v) is 10.3. The first-order chi connectivity index (χ1) is 7.37. The van der Waals surface area contributed by atoms with E-state index in [2.05, 4.69) is 5.32 Å². The highest BCUT2D eigenvalue weighted by molar-refractivity contribution is 5.68. The van der Waals surface area contributed by atoms with Crippen LogP contribution >= 0.6 is 0 Å². The molecule has 0 aromatic rings. The van der Waals surface area contributed by atoms with E-state index in [-0.39, 0.29) is 18.2 Å². The topological polar surface area (TPSA) is 64.3 Å². The highest BCUT2D eigenvalue weighted by Crippen LogP contribution is 2.43. The minimum atomic E-state index is -0.427. The average molecular weight is 226 g/mol. The third-order valence-electron chi connectivity index (χ3n) is 3.69. The molecule has 92 valence electrons. The van der Waals surface area contributed by atoms with Crippen LogP contribution in [0.3, 0.4) is 0 Å². The molecule has 2 rings (SSSR count). The number of rotatable bonds is 1. The summed E-state index contributed by atoms with van der Waals surface area (Å²) in [5, 5.41) is 2.96. The van der Waals surface area contributed by atoms with Gasteiger partial charge in [0.25, 0.3) is 0 Å². The van der Waals surface area contributed by atoms with E-state index in [1.54, 1.807) is 0 Å². The molecule has 2 aliphatic carbocycles. The van der Waals surface area contributed by atoms with Gasteiger partial charge in [0.2, 0.25) is 0 Å². The number of amides is 1. The third-order valence-corrected chi connectivity index (χ3v) is 3.69. The van der Waals surface area contributed by atoms with E-state index >= 15 is 0 Å². The van der Waals surface area contributed by atoms with E-state index in [0.29, 0.717) is 11.8 Å². The lowest BCUT2D eigenvalue weighted by Gasteiger charge is -2.26. The maximum atomic E-state index is 11.6. The summed E-state index contributed by atoms with van der Waals surface area (Å²) in [7, 11) is 0. The molecule has 0 aliphatic heterocycles. The molecule has 1 amide bonds. The molecule has 0 aromatic carbocycles. The number of nitrogens with one attached hydrogen (secondary N) is 1. The SMILES string of the molecule is CC(C)(C)OC(=O)N[C@H]1C[C@H]2CC[C@H]1[C@@H]2N. The molecule has 2 fully saturated rings. The number of ether oxygens (including phenoxy) is 1. The minimum Gasteiger partial charge on any atom is -0.444 e. The summed E-state index contributed by atoms with van der Waals surface area (Å²) >= 11 is 0. The summed E-state index contributed by atoms with van der Waals surface area (Å²) < 4.78 is 5.25. The average Bonchev–Trinajstić information content (AvgIpc) is 2.57. The van der Waals surface area contributed by atoms with Gasteiger partial charge >= 0.3 is 6.09 Å². The minimum absolute atomic E-state index is 0.226. The van der Waals surface area contributed by atoms with E-state index in [4.69, 9.17) is 10.5 Å². The number of hydrogen-bond acceptors (Lipinski definition) is 3. The lowest BCUT2D eigenvalue weighted by atomic mass is 9.95. The van der Waals surface area contributed by atoms with Gasteiger partial charge in [-0.1, -0.05) is 0 Å². The summed E-state index contributed by atoms with van der Waals surface area (Å²) in [6.45, 7) is 5.62. The van der Waals surface area contributed by atoms with E-state index in [9.17, 15) is 4.79 Å². The van der Waals surface area contributed by atoms with Gasteiger partial charge < -0.3 is 15.8 Å². The first-order valence-electron chi connectivity index (χ1n) is 6.12. The van der Waals surface area contributed by atoms with Crippen molar-refractivity contribution in [3.05, 3.63) is 0 Å². The Labute approximate surface area is 96.9 Å². The van der Waals surface area contributed by atoms with Gasteiger partial charge in [-0.15, -0.1) is 0 Å². The highest BCUT2D eigenvalue weighted by atomic mass is 16.6. The normalized spacial score (nSPS) is 37.5. The Bertz CT molecular complexity index is 285. The van der Waals surface area contributed by atoms with Gasteiger partial charge in [-0.3, -0.25) is 0 Å². The summed E-state index contributed by atoms with van der Waals surface area (Å²) in [6.07, 6.45) is 3.08. The van der Waals surface area contributed by atoms with Crippen LogP contribution in [0.25, 0.3) is 0 Å². The molecule has 3 N–H and O–H groups in total. The predicted octanol–water partition coefficient (Wildman–Crippen LogP) is 1.64. The zero-order chi connectivity index (χ0) is 11.9. The van der Waals surface area contributed by atoms with E-state index in [0.717, 1.165) is 12.8 Å². The molecule has 0 saturated heterocycles. The first kappa shape index (κ1) is 11.7. The largest absolute Gasteiger partial charge is 0.444 e. The van der Waals surface area contributed by atoms with Crippen molar-refractivity contribution in [2.24, 2.45) is 17.6 Å². The van der Waals surface area contributed by atoms with E-state index in [1.807, 2.05) is 20.8 Å². The lowest BCUT2D eigenvalue weighted by Crippen LogP contribution is -2.43. The van der Waals surface area contributed by atoms with Crippen LogP contribution < -0.4 is 11.1 Å². The van der Waals surface area contributed by atoms with Gasteiger partial charge in [0.05, 0.1) is 0 Å². The molecule has 16 heavy (non-hydrogen) atoms. The number of nitrogens with two attached hydrogens (primary N) is 1. The van der Waals surface area contributed by atoms with Crippen LogP contribution in [0.5, 0.6) is 0 Å². The molecular weight excluding hydrogens is 204 g/mol. The molecule has 2 saturated carbocycles. The number of carbonyl (C=O) groups excluding carboxylic acids is 1. The Balaban J connectivity index is 1.85. The number of hydrogen-bond donors (Lipinski definition) is 2. The van der Waals surface area contributed by atoms with Gasteiger partial charge in [0.1, 0.15) is 5.60 Å². The van der Waals surface area contributed by atoms with Crippen LogP contribution in [0.15, 0.2) is 0 Å². The van der Waals surface area contributed by atoms with Crippen LogP contribution in [0.2, 0.25) is 0 Å². The Morgan fingerprint density at radius 3 is 2.50 bits per heavy atom. The maximum Gasteiger partial charge on any atom is 0.407 e. The second-order valence-corrected chi connectivity index (χ2v) is 6.07. The number of alkyl carbamates (subject to hydrolysis) is 1. The van der Waals surface area contributed by atoms with Crippen LogP contribution in [-0.2, 0) is 4.74 Å². The fraction of sp³-hybridized carbons (Fsp3) is 0.917. The number of carbonyl (C=O) groups is 1. The van der Waals surface area contributed by atoms with Crippen LogP contribution in [0, 0.1) is 11.8 Å². The van der Waals surface area contributed by atoms with Crippen molar-refractivity contribution >= 4 is 6.09 Å². The second-order valence-electron chi connectivity index (χ2n) is 6.07. The van der Waals surface area contributed by atoms with Crippen molar-refractivity contribution in [2.75, 3.05) is 0 Å². The second kappa shape index (κ2) is 3.91. The molecule has 0 heterocycles. The molecule has 4 atom stereocenters. The summed E-state index contributed by atoms with van der Waals surface area (Å²) in [4.78, 5) is 11.6. The van der Waals surface area contributed by atoms with Crippen molar-refractivity contribution in [3.63, 3.8) is 0 Å². The fourth-order valence-corrected chi connectivity index (χ4v) is 3.01. The lowest BCUT2D eigenvalue weighted by molar-refractivity contribution is 0.0487. The Kier molecular flexibility index (Phi) is 2.86. The Hall–Kier alpha value is -0.770. The number of fused-ring (bicyclic) bond motifs is 2. The molecular formula is C12H22N2O2. The van der Waals surface area contributed by atoms with Gasteiger partial charge in [-0.25, -0.2) is 4.79 Å². The molecule has 0 radical (unpaired) electrons. The van der Waals surface area contributed by atoms with Crippen molar-refractivity contribution in [1.29, 1.82) is 0 Å². The van der Waals surface area contributed by atoms with Gasteiger partial charge in [0.15, 0.2) is 0 Å². The van der Waals surface area contributed by atoms with Crippen LogP contribution in [-0.4, -0.2) is 23.8 Å². The van der Waals surface area contributed by atoms with Crippen LogP contribution in [0.4, 0.5) is 4.79 Å². The third kappa shape index (κ3) is 2.32. The van der Waals surface area contributed by atoms with Gasteiger partial charge in [-0.05, 0) is 51.9 Å². The van der Waals surface area contributed by atoms with Crippen molar-refractivity contribution in [3.8, 4) is 0 Å². The van der Waals surface area contributed by atoms with Crippen molar-refractivity contribution < 1.29 is 9.53 Å². The Morgan fingerprint density at radius 1 is 1.38 bits per heavy atom. The van der Waals surface area contributed by atoms with Crippen LogP contribution in [0.1, 0.15) is 40.0 Å². The molecule has 0 aromatic heterocycles. The maximum absolute atomic E-state index is 11.6. The van der Waals surface area contributed by atoms with Crippen molar-refractivity contribution in [2.45, 2.75) is 57.7 Å². The molecule has 2 aliphatic rings. The molecule has 4 heteroatoms. The Morgan fingerprint density at radius 2 is 2.06 bits per heavy atom. The smallest absolute Gasteiger partial charge is 0.407 e. The zero-order valence-electron chi connectivity index (χ0n) is 10.3. The summed E-state index contributed by atoms with van der Waals surface area (Å²) in [6, 6.07) is 0.503. The van der Waals surface area contributed by atoms with Crippen molar-refractivity contribution in [1.82, 2.24) is 5.32 Å². The highest BCUT2D eigenvalue weighted by Gasteiger charge is 2.46. The quantitative estimate of drug-likeness (QED) is 0.714. The summed E-state index contributed by atoms with van der Waals surface area (Å²) in [5.41, 5.74) is 5.66. The molecule has 0 unspecified atom stereocenters. The molecule has 4 nitrogen and oxygen atoms in total. The standard InChI is InChI=1S/C12H22N2O2/c1-12(2,3)16-11(15)14-9-6-7-4-5-8(9)10(7)13/h7-10H,4-6,13H2,1-3H3,(H,14,15)/t7-,8-,9+,10-/m1/s1. The molecule has 2 bridgehead atoms. The predicted molar refractivity (Wildman–Crippen MR) is 62.0 cm³/mol. The fourth-order valence-electron chi connectivity index (χ4n) is 3.01. The monoisotopic (exact) mass is 226 g/mol. The first-order valence-corrected chi connectivity index (χ1v) is 6.12. The van der Waals surface area contributed by atoms with Gasteiger partial charge in [-0.2, -0.15) is 0 Å². The molecule has 0 spiro atoms.